The number of benzene rings is 1. The van der Waals surface area contributed by atoms with E-state index in [0.29, 0.717) is 23.6 Å². The second-order valence-electron chi connectivity index (χ2n) is 3.54. The lowest BCUT2D eigenvalue weighted by molar-refractivity contribution is -0.107. The first-order valence-corrected chi connectivity index (χ1v) is 5.25. The third-order valence-electron chi connectivity index (χ3n) is 2.44. The molecular formula is C12H15ClO2. The zero-order chi connectivity index (χ0) is 11.4. The molecule has 3 heteroatoms. The third kappa shape index (κ3) is 2.51. The van der Waals surface area contributed by atoms with Gasteiger partial charge in [-0.2, -0.15) is 0 Å². The van der Waals surface area contributed by atoms with E-state index >= 15 is 0 Å². The molecular weight excluding hydrogens is 212 g/mol. The lowest BCUT2D eigenvalue weighted by Crippen LogP contribution is -1.99. The van der Waals surface area contributed by atoms with Crippen LogP contribution in [0.25, 0.3) is 0 Å². The highest BCUT2D eigenvalue weighted by Crippen LogP contribution is 2.34. The summed E-state index contributed by atoms with van der Waals surface area (Å²) in [4.78, 5) is 10.4. The number of rotatable bonds is 4. The summed E-state index contributed by atoms with van der Waals surface area (Å²) in [7, 11) is 1.60. The molecule has 0 saturated carbocycles. The van der Waals surface area contributed by atoms with Crippen molar-refractivity contribution in [3.05, 3.63) is 27.8 Å². The summed E-state index contributed by atoms with van der Waals surface area (Å²) < 4.78 is 5.29. The van der Waals surface area contributed by atoms with E-state index in [1.54, 1.807) is 7.11 Å². The molecule has 82 valence electrons. The lowest BCUT2D eigenvalue weighted by atomic mass is 10.0. The molecule has 1 aromatic carbocycles. The van der Waals surface area contributed by atoms with E-state index in [2.05, 4.69) is 0 Å². The van der Waals surface area contributed by atoms with Crippen molar-refractivity contribution in [1.29, 1.82) is 0 Å². The first-order chi connectivity index (χ1) is 7.11. The summed E-state index contributed by atoms with van der Waals surface area (Å²) in [5.74, 6) is 0.705. The minimum Gasteiger partial charge on any atom is -0.495 e. The highest BCUT2D eigenvalue weighted by Gasteiger charge is 2.12. The van der Waals surface area contributed by atoms with Crippen molar-refractivity contribution in [2.45, 2.75) is 26.7 Å². The average Bonchev–Trinajstić information content (AvgIpc) is 2.21. The zero-order valence-electron chi connectivity index (χ0n) is 9.26. The van der Waals surface area contributed by atoms with E-state index in [1.807, 2.05) is 19.9 Å². The summed E-state index contributed by atoms with van der Waals surface area (Å²) in [5, 5.41) is 0.643. The second kappa shape index (κ2) is 5.17. The molecule has 0 aliphatic heterocycles. The molecule has 0 aromatic heterocycles. The molecule has 0 unspecified atom stereocenters. The van der Waals surface area contributed by atoms with Gasteiger partial charge < -0.3 is 9.53 Å². The molecule has 0 bridgehead atoms. The molecule has 0 spiro atoms. The van der Waals surface area contributed by atoms with Gasteiger partial charge in [0, 0.05) is 6.42 Å². The summed E-state index contributed by atoms with van der Waals surface area (Å²) >= 11 is 6.14. The SMILES string of the molecule is COc1c(Cl)c(C)cc(C)c1CCC=O. The van der Waals surface area contributed by atoms with E-state index in [1.165, 1.54) is 0 Å². The number of methoxy groups -OCH3 is 1. The van der Waals surface area contributed by atoms with Crippen LogP contribution in [-0.2, 0) is 11.2 Å². The zero-order valence-corrected chi connectivity index (χ0v) is 10.0. The Morgan fingerprint density at radius 2 is 2.07 bits per heavy atom. The predicted molar refractivity (Wildman–Crippen MR) is 61.9 cm³/mol. The number of aryl methyl sites for hydroxylation is 2. The van der Waals surface area contributed by atoms with Gasteiger partial charge in [-0.15, -0.1) is 0 Å². The molecule has 0 heterocycles. The van der Waals surface area contributed by atoms with Gasteiger partial charge in [0.25, 0.3) is 0 Å². The Labute approximate surface area is 95.2 Å². The fourth-order valence-corrected chi connectivity index (χ4v) is 1.94. The van der Waals surface area contributed by atoms with E-state index in [-0.39, 0.29) is 0 Å². The van der Waals surface area contributed by atoms with Crippen molar-refractivity contribution in [2.24, 2.45) is 0 Å². The van der Waals surface area contributed by atoms with Crippen LogP contribution >= 0.6 is 11.6 Å². The Morgan fingerprint density at radius 1 is 1.40 bits per heavy atom. The summed E-state index contributed by atoms with van der Waals surface area (Å²) in [5.41, 5.74) is 3.15. The van der Waals surface area contributed by atoms with Crippen LogP contribution in [0.5, 0.6) is 5.75 Å². The molecule has 15 heavy (non-hydrogen) atoms. The largest absolute Gasteiger partial charge is 0.495 e. The van der Waals surface area contributed by atoms with E-state index in [0.717, 1.165) is 23.0 Å². The predicted octanol–water partition coefficient (Wildman–Crippen LogP) is 3.10. The van der Waals surface area contributed by atoms with Gasteiger partial charge in [0.05, 0.1) is 12.1 Å². The van der Waals surface area contributed by atoms with Crippen LogP contribution in [0.15, 0.2) is 6.07 Å². The Hall–Kier alpha value is -1.02. The molecule has 2 nitrogen and oxygen atoms in total. The minimum atomic E-state index is 0.497. The van der Waals surface area contributed by atoms with Gasteiger partial charge in [-0.25, -0.2) is 0 Å². The van der Waals surface area contributed by atoms with Crippen molar-refractivity contribution >= 4 is 17.9 Å². The number of carbonyl (C=O) groups excluding carboxylic acids is 1. The van der Waals surface area contributed by atoms with Crippen LogP contribution in [0.4, 0.5) is 0 Å². The molecule has 0 amide bonds. The Kier molecular flexibility index (Phi) is 4.15. The summed E-state index contributed by atoms with van der Waals surface area (Å²) in [6.07, 6.45) is 2.09. The van der Waals surface area contributed by atoms with Gasteiger partial charge in [0.2, 0.25) is 0 Å². The summed E-state index contributed by atoms with van der Waals surface area (Å²) in [6, 6.07) is 2.02. The van der Waals surface area contributed by atoms with Gasteiger partial charge in [-0.1, -0.05) is 17.7 Å². The lowest BCUT2D eigenvalue weighted by Gasteiger charge is -2.14. The monoisotopic (exact) mass is 226 g/mol. The minimum absolute atomic E-state index is 0.497. The Morgan fingerprint density at radius 3 is 2.60 bits per heavy atom. The molecule has 0 radical (unpaired) electrons. The first-order valence-electron chi connectivity index (χ1n) is 4.88. The van der Waals surface area contributed by atoms with Crippen molar-refractivity contribution in [2.75, 3.05) is 7.11 Å². The van der Waals surface area contributed by atoms with Crippen LogP contribution in [0.2, 0.25) is 5.02 Å². The fourth-order valence-electron chi connectivity index (χ4n) is 1.69. The van der Waals surface area contributed by atoms with Crippen LogP contribution in [0, 0.1) is 13.8 Å². The number of ether oxygens (including phenoxy) is 1. The Bertz CT molecular complexity index is 372. The van der Waals surface area contributed by atoms with Crippen molar-refractivity contribution in [3.63, 3.8) is 0 Å². The topological polar surface area (TPSA) is 26.3 Å². The average molecular weight is 227 g/mol. The normalized spacial score (nSPS) is 10.1. The molecule has 0 N–H and O–H groups in total. The molecule has 0 saturated heterocycles. The fraction of sp³-hybridized carbons (Fsp3) is 0.417. The second-order valence-corrected chi connectivity index (χ2v) is 3.92. The summed E-state index contributed by atoms with van der Waals surface area (Å²) in [6.45, 7) is 3.95. The van der Waals surface area contributed by atoms with Crippen LogP contribution in [0.3, 0.4) is 0 Å². The standard InChI is InChI=1S/C12H15ClO2/c1-8-7-9(2)11(13)12(15-3)10(8)5-4-6-14/h6-7H,4-5H2,1-3H3. The first kappa shape index (κ1) is 12.1. The molecule has 0 fully saturated rings. The van der Waals surface area contributed by atoms with Gasteiger partial charge in [-0.05, 0) is 37.0 Å². The third-order valence-corrected chi connectivity index (χ3v) is 2.91. The van der Waals surface area contributed by atoms with Crippen molar-refractivity contribution in [3.8, 4) is 5.75 Å². The number of hydrogen-bond donors (Lipinski definition) is 0. The molecule has 0 aliphatic carbocycles. The highest BCUT2D eigenvalue weighted by molar-refractivity contribution is 6.33. The van der Waals surface area contributed by atoms with Gasteiger partial charge >= 0.3 is 0 Å². The van der Waals surface area contributed by atoms with Gasteiger partial charge in [0.15, 0.2) is 0 Å². The quantitative estimate of drug-likeness (QED) is 0.738. The number of carbonyl (C=O) groups is 1. The van der Waals surface area contributed by atoms with Crippen molar-refractivity contribution < 1.29 is 9.53 Å². The molecule has 0 atom stereocenters. The van der Waals surface area contributed by atoms with E-state index in [9.17, 15) is 4.79 Å². The van der Waals surface area contributed by atoms with Crippen molar-refractivity contribution in [1.82, 2.24) is 0 Å². The molecule has 0 aliphatic rings. The van der Waals surface area contributed by atoms with E-state index in [4.69, 9.17) is 16.3 Å². The number of aldehydes is 1. The van der Waals surface area contributed by atoms with Crippen LogP contribution in [-0.4, -0.2) is 13.4 Å². The van der Waals surface area contributed by atoms with Crippen LogP contribution in [0.1, 0.15) is 23.1 Å². The maximum atomic E-state index is 10.4. The molecule has 1 aromatic rings. The number of halogens is 1. The smallest absolute Gasteiger partial charge is 0.141 e. The maximum absolute atomic E-state index is 10.4. The number of hydrogen-bond acceptors (Lipinski definition) is 2. The Balaban J connectivity index is 3.22. The molecule has 1 rings (SSSR count). The highest BCUT2D eigenvalue weighted by atomic mass is 35.5. The van der Waals surface area contributed by atoms with Gasteiger partial charge in [0.1, 0.15) is 12.0 Å². The van der Waals surface area contributed by atoms with E-state index < -0.39 is 0 Å². The van der Waals surface area contributed by atoms with Gasteiger partial charge in [-0.3, -0.25) is 0 Å². The maximum Gasteiger partial charge on any atom is 0.141 e. The van der Waals surface area contributed by atoms with Crippen LogP contribution < -0.4 is 4.74 Å².